The van der Waals surface area contributed by atoms with Gasteiger partial charge >= 0.3 is 11.9 Å². The third-order valence-electron chi connectivity index (χ3n) is 2.79. The Morgan fingerprint density at radius 3 is 1.86 bits per heavy atom. The van der Waals surface area contributed by atoms with Gasteiger partial charge in [-0.05, 0) is 22.6 Å². The molecule has 0 aliphatic carbocycles. The van der Waals surface area contributed by atoms with Crippen molar-refractivity contribution in [2.45, 2.75) is 46.3 Å². The summed E-state index contributed by atoms with van der Waals surface area (Å²) in [6.07, 6.45) is 2.29. The molecule has 0 atom stereocenters. The summed E-state index contributed by atoms with van der Waals surface area (Å²) < 4.78 is 9.78. The van der Waals surface area contributed by atoms with Crippen molar-refractivity contribution in [3.8, 4) is 0 Å². The molecule has 1 aromatic carbocycles. The van der Waals surface area contributed by atoms with Gasteiger partial charge in [0, 0.05) is 13.8 Å². The molecule has 0 N–H and O–H groups in total. The average molecular weight is 290 g/mol. The van der Waals surface area contributed by atoms with Crippen molar-refractivity contribution in [2.24, 2.45) is 0 Å². The lowest BCUT2D eigenvalue weighted by molar-refractivity contribution is -0.176. The number of carbonyl (C=O) groups excluding carboxylic acids is 2. The Morgan fingerprint density at radius 2 is 1.48 bits per heavy atom. The van der Waals surface area contributed by atoms with Crippen LogP contribution in [0.3, 0.4) is 0 Å². The number of rotatable bonds is 4. The molecular weight excluding hydrogens is 268 g/mol. The maximum atomic E-state index is 11.0. The van der Waals surface area contributed by atoms with Crippen LogP contribution in [0.2, 0.25) is 0 Å². The summed E-state index contributed by atoms with van der Waals surface area (Å²) in [6, 6.07) is 8.03. The van der Waals surface area contributed by atoms with Gasteiger partial charge in [0.1, 0.15) is 0 Å². The minimum Gasteiger partial charge on any atom is -0.421 e. The van der Waals surface area contributed by atoms with Gasteiger partial charge in [-0.1, -0.05) is 51.1 Å². The molecule has 1 rings (SSSR count). The highest BCUT2D eigenvalue weighted by Crippen LogP contribution is 2.22. The highest BCUT2D eigenvalue weighted by Gasteiger charge is 2.13. The Balaban J connectivity index is 2.80. The molecule has 0 aliphatic rings. The Kier molecular flexibility index (Phi) is 5.70. The molecule has 4 nitrogen and oxygen atoms in total. The molecule has 4 heteroatoms. The fourth-order valence-corrected chi connectivity index (χ4v) is 1.71. The standard InChI is InChI=1S/C17H22O4/c1-12(18)20-16(21-13(2)19)11-8-14-6-9-15(10-7-14)17(3,4)5/h6-11,16H,1-5H3. The third-order valence-corrected chi connectivity index (χ3v) is 2.79. The van der Waals surface area contributed by atoms with E-state index in [1.54, 1.807) is 6.08 Å². The minimum atomic E-state index is -0.998. The molecular formula is C17H22O4. The van der Waals surface area contributed by atoms with E-state index in [-0.39, 0.29) is 5.41 Å². The van der Waals surface area contributed by atoms with Gasteiger partial charge in [0.05, 0.1) is 0 Å². The number of ether oxygens (including phenoxy) is 2. The summed E-state index contributed by atoms with van der Waals surface area (Å²) in [6.45, 7) is 8.98. The summed E-state index contributed by atoms with van der Waals surface area (Å²) in [4.78, 5) is 21.9. The molecule has 0 spiro atoms. The molecule has 0 bridgehead atoms. The van der Waals surface area contributed by atoms with Gasteiger partial charge < -0.3 is 9.47 Å². The van der Waals surface area contributed by atoms with Gasteiger partial charge in [-0.2, -0.15) is 0 Å². The first-order valence-corrected chi connectivity index (χ1v) is 6.81. The van der Waals surface area contributed by atoms with Gasteiger partial charge in [0.2, 0.25) is 0 Å². The van der Waals surface area contributed by atoms with Crippen molar-refractivity contribution in [1.82, 2.24) is 0 Å². The first-order chi connectivity index (χ1) is 9.68. The first kappa shape index (κ1) is 17.0. The number of benzene rings is 1. The molecule has 0 fully saturated rings. The van der Waals surface area contributed by atoms with Crippen molar-refractivity contribution in [3.05, 3.63) is 41.5 Å². The van der Waals surface area contributed by atoms with Crippen LogP contribution in [0.25, 0.3) is 6.08 Å². The van der Waals surface area contributed by atoms with Gasteiger partial charge in [-0.25, -0.2) is 0 Å². The fraction of sp³-hybridized carbons (Fsp3) is 0.412. The summed E-state index contributed by atoms with van der Waals surface area (Å²) in [7, 11) is 0. The van der Waals surface area contributed by atoms with E-state index in [1.165, 1.54) is 25.5 Å². The van der Waals surface area contributed by atoms with Crippen LogP contribution >= 0.6 is 0 Å². The number of hydrogen-bond acceptors (Lipinski definition) is 4. The molecule has 0 heterocycles. The number of hydrogen-bond donors (Lipinski definition) is 0. The van der Waals surface area contributed by atoms with E-state index in [2.05, 4.69) is 20.8 Å². The van der Waals surface area contributed by atoms with Crippen molar-refractivity contribution >= 4 is 18.0 Å². The van der Waals surface area contributed by atoms with E-state index in [4.69, 9.17) is 9.47 Å². The van der Waals surface area contributed by atoms with Crippen LogP contribution in [0, 0.1) is 0 Å². The second kappa shape index (κ2) is 7.07. The van der Waals surface area contributed by atoms with E-state index in [0.717, 1.165) is 5.56 Å². The van der Waals surface area contributed by atoms with E-state index >= 15 is 0 Å². The Hall–Kier alpha value is -2.10. The lowest BCUT2D eigenvalue weighted by atomic mass is 9.87. The van der Waals surface area contributed by atoms with Gasteiger partial charge in [-0.3, -0.25) is 9.59 Å². The molecule has 21 heavy (non-hydrogen) atoms. The number of carbonyl (C=O) groups is 2. The van der Waals surface area contributed by atoms with Crippen molar-refractivity contribution < 1.29 is 19.1 Å². The zero-order chi connectivity index (χ0) is 16.0. The summed E-state index contributed by atoms with van der Waals surface area (Å²) >= 11 is 0. The van der Waals surface area contributed by atoms with Crippen LogP contribution < -0.4 is 0 Å². The molecule has 0 aromatic heterocycles. The lowest BCUT2D eigenvalue weighted by Gasteiger charge is -2.18. The molecule has 114 valence electrons. The highest BCUT2D eigenvalue weighted by molar-refractivity contribution is 5.68. The SMILES string of the molecule is CC(=O)OC(C=Cc1ccc(C(C)(C)C)cc1)OC(C)=O. The number of esters is 2. The maximum Gasteiger partial charge on any atom is 0.305 e. The molecule has 0 saturated carbocycles. The van der Waals surface area contributed by atoms with Crippen LogP contribution in [0.5, 0.6) is 0 Å². The van der Waals surface area contributed by atoms with Crippen LogP contribution in [0.15, 0.2) is 30.3 Å². The molecule has 0 amide bonds. The maximum absolute atomic E-state index is 11.0. The minimum absolute atomic E-state index is 0.0975. The predicted octanol–water partition coefficient (Wildman–Crippen LogP) is 3.45. The third kappa shape index (κ3) is 6.25. The fourth-order valence-electron chi connectivity index (χ4n) is 1.71. The predicted molar refractivity (Wildman–Crippen MR) is 81.5 cm³/mol. The van der Waals surface area contributed by atoms with E-state index in [9.17, 15) is 9.59 Å². The van der Waals surface area contributed by atoms with Gasteiger partial charge in [0.15, 0.2) is 0 Å². The zero-order valence-corrected chi connectivity index (χ0v) is 13.2. The van der Waals surface area contributed by atoms with E-state index in [1.807, 2.05) is 24.3 Å². The summed E-state index contributed by atoms with van der Waals surface area (Å²) in [5, 5.41) is 0. The van der Waals surface area contributed by atoms with E-state index in [0.29, 0.717) is 0 Å². The second-order valence-corrected chi connectivity index (χ2v) is 5.82. The largest absolute Gasteiger partial charge is 0.421 e. The van der Waals surface area contributed by atoms with E-state index < -0.39 is 18.2 Å². The Bertz CT molecular complexity index is 505. The molecule has 0 saturated heterocycles. The quantitative estimate of drug-likeness (QED) is 0.629. The Morgan fingerprint density at radius 1 is 1.00 bits per heavy atom. The van der Waals surface area contributed by atoms with Crippen LogP contribution in [0.4, 0.5) is 0 Å². The van der Waals surface area contributed by atoms with Crippen molar-refractivity contribution in [1.29, 1.82) is 0 Å². The van der Waals surface area contributed by atoms with Gasteiger partial charge in [-0.15, -0.1) is 0 Å². The highest BCUT2D eigenvalue weighted by atomic mass is 16.7. The van der Waals surface area contributed by atoms with Crippen molar-refractivity contribution in [3.63, 3.8) is 0 Å². The molecule has 0 unspecified atom stereocenters. The summed E-state index contributed by atoms with van der Waals surface area (Å²) in [5.74, 6) is -1.01. The Labute approximate surface area is 125 Å². The van der Waals surface area contributed by atoms with Crippen LogP contribution in [-0.2, 0) is 24.5 Å². The molecule has 1 aromatic rings. The summed E-state index contributed by atoms with van der Waals surface area (Å²) in [5.41, 5.74) is 2.27. The monoisotopic (exact) mass is 290 g/mol. The molecule has 0 aliphatic heterocycles. The normalized spacial score (nSPS) is 11.7. The second-order valence-electron chi connectivity index (χ2n) is 5.82. The topological polar surface area (TPSA) is 52.6 Å². The average Bonchev–Trinajstić information content (AvgIpc) is 2.34. The zero-order valence-electron chi connectivity index (χ0n) is 13.2. The lowest BCUT2D eigenvalue weighted by Crippen LogP contribution is -2.19. The van der Waals surface area contributed by atoms with Gasteiger partial charge in [0.25, 0.3) is 6.29 Å². The van der Waals surface area contributed by atoms with Crippen LogP contribution in [-0.4, -0.2) is 18.2 Å². The van der Waals surface area contributed by atoms with Crippen LogP contribution in [0.1, 0.15) is 45.7 Å². The molecule has 0 radical (unpaired) electrons. The van der Waals surface area contributed by atoms with Crippen molar-refractivity contribution in [2.75, 3.05) is 0 Å². The smallest absolute Gasteiger partial charge is 0.305 e. The first-order valence-electron chi connectivity index (χ1n) is 6.81.